The summed E-state index contributed by atoms with van der Waals surface area (Å²) in [4.78, 5) is 7.70. The van der Waals surface area contributed by atoms with Gasteiger partial charge in [0.2, 0.25) is 0 Å². The van der Waals surface area contributed by atoms with Crippen molar-refractivity contribution in [2.24, 2.45) is 0 Å². The zero-order valence-electron chi connectivity index (χ0n) is 21.6. The summed E-state index contributed by atoms with van der Waals surface area (Å²) in [6.45, 7) is 1.17. The van der Waals surface area contributed by atoms with E-state index in [1.807, 2.05) is 18.5 Å². The molecule has 7 nitrogen and oxygen atoms in total. The molecule has 2 aromatic heterocycles. The summed E-state index contributed by atoms with van der Waals surface area (Å²) in [5, 5.41) is 4.49. The molecule has 1 saturated carbocycles. The van der Waals surface area contributed by atoms with Gasteiger partial charge in [-0.05, 0) is 74.3 Å². The van der Waals surface area contributed by atoms with Gasteiger partial charge in [0.1, 0.15) is 17.6 Å². The summed E-state index contributed by atoms with van der Waals surface area (Å²) in [7, 11) is -3.29. The van der Waals surface area contributed by atoms with Crippen LogP contribution in [0.4, 0.5) is 0 Å². The van der Waals surface area contributed by atoms with Crippen molar-refractivity contribution in [3.05, 3.63) is 67.1 Å². The van der Waals surface area contributed by atoms with Gasteiger partial charge in [-0.25, -0.2) is 9.50 Å². The standard InChI is InChI=1S/C30H32N4O3S/c1-38(35,36)27-4-2-3-22(17-27)28-19-32-34-20-23(18-31-29(28)34)21-5-11-26(12-6-21)37-30(13-14-30)15-16-33-24-7-8-25(33)10-9-24/h2-6,11-12,17-20,24-25H,7-10,13-16H2,1H3. The summed E-state index contributed by atoms with van der Waals surface area (Å²) in [5.74, 6) is 0.928. The minimum atomic E-state index is -3.29. The van der Waals surface area contributed by atoms with E-state index in [0.717, 1.165) is 59.3 Å². The Hall–Kier alpha value is -3.07. The van der Waals surface area contributed by atoms with E-state index < -0.39 is 10.2 Å². The van der Waals surface area contributed by atoms with E-state index in [-0.39, 0.29) is 10.5 Å². The van der Waals surface area contributed by atoms with Crippen LogP contribution in [0.5, 0.6) is 5.75 Å². The second kappa shape index (κ2) is 9.00. The van der Waals surface area contributed by atoms with Crippen LogP contribution in [0.25, 0.3) is 27.9 Å². The minimum Gasteiger partial charge on any atom is -0.610 e. The van der Waals surface area contributed by atoms with E-state index in [1.165, 1.54) is 38.5 Å². The number of benzene rings is 2. The Morgan fingerprint density at radius 3 is 2.42 bits per heavy atom. The molecule has 2 saturated heterocycles. The lowest BCUT2D eigenvalue weighted by atomic mass is 10.0. The Morgan fingerprint density at radius 1 is 1.00 bits per heavy atom. The van der Waals surface area contributed by atoms with Gasteiger partial charge in [-0.1, -0.05) is 24.3 Å². The fourth-order valence-corrected chi connectivity index (χ4v) is 7.01. The molecule has 2 aromatic carbocycles. The first kappa shape index (κ1) is 24.0. The van der Waals surface area contributed by atoms with Crippen LogP contribution in [-0.4, -0.2) is 54.5 Å². The van der Waals surface area contributed by atoms with Crippen molar-refractivity contribution < 1.29 is 13.5 Å². The molecule has 196 valence electrons. The van der Waals surface area contributed by atoms with Crippen molar-refractivity contribution in [2.75, 3.05) is 12.8 Å². The van der Waals surface area contributed by atoms with Gasteiger partial charge in [-0.15, -0.1) is 4.21 Å². The molecule has 4 aromatic rings. The van der Waals surface area contributed by atoms with Gasteiger partial charge < -0.3 is 9.29 Å². The Labute approximate surface area is 224 Å². The number of hydrogen-bond acceptors (Lipinski definition) is 6. The monoisotopic (exact) mass is 528 g/mol. The zero-order chi connectivity index (χ0) is 25.9. The number of nitrogens with zero attached hydrogens (tertiary/aromatic N) is 4. The number of fused-ring (bicyclic) bond motifs is 3. The molecule has 3 aliphatic rings. The molecule has 7 rings (SSSR count). The molecule has 0 amide bonds. The molecular formula is C30H32N4O3S. The molecule has 0 spiro atoms. The maximum absolute atomic E-state index is 12.0. The molecule has 2 bridgehead atoms. The first-order valence-electron chi connectivity index (χ1n) is 13.6. The molecule has 1 atom stereocenters. The van der Waals surface area contributed by atoms with Gasteiger partial charge in [-0.2, -0.15) is 5.10 Å². The maximum atomic E-state index is 12.0. The van der Waals surface area contributed by atoms with Crippen LogP contribution in [-0.2, 0) is 14.4 Å². The SMILES string of the molecule is C[S+](=O)([O-])c1cccc(-c2cnn3cc(-c4ccc(OC5(CCN6C7CCC6CC7)CC5)cc4)cnc23)c1. The van der Waals surface area contributed by atoms with Gasteiger partial charge in [-0.3, -0.25) is 4.90 Å². The average molecular weight is 529 g/mol. The molecule has 1 aliphatic carbocycles. The van der Waals surface area contributed by atoms with Crippen LogP contribution in [0, 0.1) is 0 Å². The molecule has 2 aliphatic heterocycles. The lowest BCUT2D eigenvalue weighted by molar-refractivity contribution is 0.137. The van der Waals surface area contributed by atoms with Crippen LogP contribution >= 0.6 is 0 Å². The van der Waals surface area contributed by atoms with E-state index in [0.29, 0.717) is 5.65 Å². The third-order valence-corrected chi connectivity index (χ3v) is 9.80. The summed E-state index contributed by atoms with van der Waals surface area (Å²) in [6, 6.07) is 16.8. The quantitative estimate of drug-likeness (QED) is 0.277. The van der Waals surface area contributed by atoms with E-state index in [1.54, 1.807) is 28.9 Å². The average Bonchev–Trinajstić information content (AvgIpc) is 3.24. The van der Waals surface area contributed by atoms with Crippen molar-refractivity contribution in [3.8, 4) is 28.0 Å². The number of rotatable bonds is 8. The third kappa shape index (κ3) is 4.44. The first-order valence-corrected chi connectivity index (χ1v) is 15.5. The Kier molecular flexibility index (Phi) is 5.69. The third-order valence-electron chi connectivity index (χ3n) is 8.69. The van der Waals surface area contributed by atoms with Crippen LogP contribution in [0.15, 0.2) is 72.0 Å². The zero-order valence-corrected chi connectivity index (χ0v) is 22.4. The highest BCUT2D eigenvalue weighted by molar-refractivity contribution is 7.97. The van der Waals surface area contributed by atoms with Gasteiger partial charge in [0.05, 0.1) is 16.4 Å². The predicted octanol–water partition coefficient (Wildman–Crippen LogP) is 5.61. The van der Waals surface area contributed by atoms with Crippen molar-refractivity contribution in [1.29, 1.82) is 0 Å². The lowest BCUT2D eigenvalue weighted by Crippen LogP contribution is -2.33. The Morgan fingerprint density at radius 2 is 1.74 bits per heavy atom. The van der Waals surface area contributed by atoms with Crippen molar-refractivity contribution in [2.45, 2.75) is 67.5 Å². The van der Waals surface area contributed by atoms with Crippen molar-refractivity contribution in [1.82, 2.24) is 19.5 Å². The smallest absolute Gasteiger partial charge is 0.162 e. The molecule has 38 heavy (non-hydrogen) atoms. The minimum absolute atomic E-state index is 0.0177. The topological polar surface area (TPSA) is 82.8 Å². The molecule has 0 N–H and O–H groups in total. The van der Waals surface area contributed by atoms with E-state index in [9.17, 15) is 8.76 Å². The Bertz CT molecular complexity index is 1520. The highest BCUT2D eigenvalue weighted by atomic mass is 32.3. The van der Waals surface area contributed by atoms with Crippen LogP contribution < -0.4 is 4.74 Å². The molecule has 8 heteroatoms. The number of hydrogen-bond donors (Lipinski definition) is 0. The number of aromatic nitrogens is 3. The number of ether oxygens (including phenoxy) is 1. The van der Waals surface area contributed by atoms with E-state index in [4.69, 9.17) is 4.74 Å². The van der Waals surface area contributed by atoms with Crippen LogP contribution in [0.3, 0.4) is 0 Å². The molecule has 0 radical (unpaired) electrons. The molecule has 1 unspecified atom stereocenters. The summed E-state index contributed by atoms with van der Waals surface area (Å²) in [5.41, 5.74) is 4.26. The van der Waals surface area contributed by atoms with Gasteiger partial charge >= 0.3 is 0 Å². The largest absolute Gasteiger partial charge is 0.610 e. The van der Waals surface area contributed by atoms with Crippen LogP contribution in [0.1, 0.15) is 44.9 Å². The first-order chi connectivity index (χ1) is 18.4. The summed E-state index contributed by atoms with van der Waals surface area (Å²) >= 11 is 0. The van der Waals surface area contributed by atoms with Crippen molar-refractivity contribution >= 4 is 15.9 Å². The fraction of sp³-hybridized carbons (Fsp3) is 0.400. The van der Waals surface area contributed by atoms with Crippen molar-refractivity contribution in [3.63, 3.8) is 0 Å². The van der Waals surface area contributed by atoms with Gasteiger partial charge in [0.25, 0.3) is 0 Å². The number of sulfone groups is 1. The highest BCUT2D eigenvalue weighted by Gasteiger charge is 2.47. The van der Waals surface area contributed by atoms with E-state index >= 15 is 0 Å². The maximum Gasteiger partial charge on any atom is 0.162 e. The van der Waals surface area contributed by atoms with Crippen LogP contribution in [0.2, 0.25) is 0 Å². The Balaban J connectivity index is 1.05. The summed E-state index contributed by atoms with van der Waals surface area (Å²) < 4.78 is 32.2. The second-order valence-corrected chi connectivity index (χ2v) is 13.2. The summed E-state index contributed by atoms with van der Waals surface area (Å²) in [6.07, 6.45) is 15.7. The molecule has 3 fully saturated rings. The molecular weight excluding hydrogens is 496 g/mol. The fourth-order valence-electron chi connectivity index (χ4n) is 6.35. The van der Waals surface area contributed by atoms with E-state index in [2.05, 4.69) is 39.2 Å². The normalized spacial score (nSPS) is 23.5. The van der Waals surface area contributed by atoms with Gasteiger partial charge in [0, 0.05) is 48.2 Å². The second-order valence-electron chi connectivity index (χ2n) is 11.2. The molecule has 4 heterocycles. The van der Waals surface area contributed by atoms with Gasteiger partial charge in [0.15, 0.2) is 10.5 Å². The highest BCUT2D eigenvalue weighted by Crippen LogP contribution is 2.45. The predicted molar refractivity (Wildman–Crippen MR) is 147 cm³/mol. The lowest BCUT2D eigenvalue weighted by Gasteiger charge is -2.25.